The Hall–Kier alpha value is -0.220. The van der Waals surface area contributed by atoms with Gasteiger partial charge in [-0.15, -0.1) is 0 Å². The van der Waals surface area contributed by atoms with E-state index in [0.29, 0.717) is 11.9 Å². The maximum absolute atomic E-state index is 12.2. The van der Waals surface area contributed by atoms with Gasteiger partial charge in [0.05, 0.1) is 0 Å². The van der Waals surface area contributed by atoms with E-state index in [1.165, 1.54) is 12.2 Å². The predicted molar refractivity (Wildman–Crippen MR) is 64.1 cm³/mol. The number of amides is 1. The van der Waals surface area contributed by atoms with Crippen LogP contribution in [0.15, 0.2) is 0 Å². The lowest BCUT2D eigenvalue weighted by molar-refractivity contribution is -0.136. The standard InChI is InChI=1S/C11H20N2OS/c1-13(10-4-7-15-8-10)11(14)9-2-5-12-6-3-9/h9-10,12H,2-8H2,1H3/t10-/m0/s1. The predicted octanol–water partition coefficient (Wildman–Crippen LogP) is 0.950. The van der Waals surface area contributed by atoms with Gasteiger partial charge in [0.1, 0.15) is 0 Å². The Kier molecular flexibility index (Phi) is 3.92. The van der Waals surface area contributed by atoms with Crippen molar-refractivity contribution in [3.05, 3.63) is 0 Å². The fourth-order valence-electron chi connectivity index (χ4n) is 2.36. The molecular formula is C11H20N2OS. The molecule has 0 aromatic rings. The maximum atomic E-state index is 12.2. The van der Waals surface area contributed by atoms with Crippen molar-refractivity contribution in [2.45, 2.75) is 25.3 Å². The van der Waals surface area contributed by atoms with Crippen LogP contribution in [0.1, 0.15) is 19.3 Å². The minimum atomic E-state index is 0.279. The molecule has 1 N–H and O–H groups in total. The summed E-state index contributed by atoms with van der Waals surface area (Å²) in [4.78, 5) is 14.2. The zero-order valence-electron chi connectivity index (χ0n) is 9.37. The molecule has 0 aromatic heterocycles. The van der Waals surface area contributed by atoms with Crippen LogP contribution < -0.4 is 5.32 Å². The topological polar surface area (TPSA) is 32.3 Å². The highest BCUT2D eigenvalue weighted by atomic mass is 32.2. The Balaban J connectivity index is 1.87. The summed E-state index contributed by atoms with van der Waals surface area (Å²) in [5.74, 6) is 3.01. The van der Waals surface area contributed by atoms with Crippen LogP contribution in [0.3, 0.4) is 0 Å². The monoisotopic (exact) mass is 228 g/mol. The second-order valence-corrected chi connectivity index (χ2v) is 5.64. The number of hydrogen-bond donors (Lipinski definition) is 1. The van der Waals surface area contributed by atoms with Crippen molar-refractivity contribution in [1.29, 1.82) is 0 Å². The Morgan fingerprint density at radius 3 is 2.67 bits per heavy atom. The summed E-state index contributed by atoms with van der Waals surface area (Å²) in [6.45, 7) is 2.01. The summed E-state index contributed by atoms with van der Waals surface area (Å²) >= 11 is 1.97. The number of carbonyl (C=O) groups is 1. The average Bonchev–Trinajstić information content (AvgIpc) is 2.82. The first-order chi connectivity index (χ1) is 7.29. The summed E-state index contributed by atoms with van der Waals surface area (Å²) in [6.07, 6.45) is 3.21. The molecule has 2 aliphatic heterocycles. The van der Waals surface area contributed by atoms with Gasteiger partial charge in [0.2, 0.25) is 5.91 Å². The third-order valence-corrected chi connectivity index (χ3v) is 4.63. The van der Waals surface area contributed by atoms with Gasteiger partial charge in [-0.25, -0.2) is 0 Å². The number of nitrogens with zero attached hydrogens (tertiary/aromatic N) is 1. The molecule has 1 atom stereocenters. The molecule has 2 fully saturated rings. The molecule has 0 aromatic carbocycles. The molecule has 0 aliphatic carbocycles. The molecule has 2 aliphatic rings. The van der Waals surface area contributed by atoms with Crippen LogP contribution in [0.5, 0.6) is 0 Å². The molecule has 3 nitrogen and oxygen atoms in total. The summed E-state index contributed by atoms with van der Waals surface area (Å²) in [5.41, 5.74) is 0. The summed E-state index contributed by atoms with van der Waals surface area (Å²) < 4.78 is 0. The molecule has 2 rings (SSSR count). The lowest BCUT2D eigenvalue weighted by atomic mass is 9.96. The zero-order valence-corrected chi connectivity index (χ0v) is 10.2. The molecular weight excluding hydrogens is 208 g/mol. The first kappa shape index (κ1) is 11.3. The zero-order chi connectivity index (χ0) is 10.7. The van der Waals surface area contributed by atoms with Crippen molar-refractivity contribution in [2.75, 3.05) is 31.6 Å². The molecule has 1 amide bonds. The molecule has 15 heavy (non-hydrogen) atoms. The molecule has 2 heterocycles. The van der Waals surface area contributed by atoms with Gasteiger partial charge in [0.15, 0.2) is 0 Å². The smallest absolute Gasteiger partial charge is 0.225 e. The molecule has 4 heteroatoms. The van der Waals surface area contributed by atoms with E-state index in [9.17, 15) is 4.79 Å². The van der Waals surface area contributed by atoms with Crippen molar-refractivity contribution in [1.82, 2.24) is 10.2 Å². The Bertz CT molecular complexity index is 223. The van der Waals surface area contributed by atoms with Gasteiger partial charge in [-0.05, 0) is 38.1 Å². The first-order valence-electron chi connectivity index (χ1n) is 5.84. The number of nitrogens with one attached hydrogen (secondary N) is 1. The number of thioether (sulfide) groups is 1. The fourth-order valence-corrected chi connectivity index (χ4v) is 3.63. The van der Waals surface area contributed by atoms with Crippen LogP contribution in [0.2, 0.25) is 0 Å². The Morgan fingerprint density at radius 1 is 1.33 bits per heavy atom. The highest BCUT2D eigenvalue weighted by Crippen LogP contribution is 2.24. The fraction of sp³-hybridized carbons (Fsp3) is 0.909. The maximum Gasteiger partial charge on any atom is 0.225 e. The van der Waals surface area contributed by atoms with Gasteiger partial charge in [-0.2, -0.15) is 11.8 Å². The van der Waals surface area contributed by atoms with E-state index >= 15 is 0 Å². The molecule has 2 saturated heterocycles. The van der Waals surface area contributed by atoms with Gasteiger partial charge < -0.3 is 10.2 Å². The summed E-state index contributed by atoms with van der Waals surface area (Å²) in [5, 5.41) is 3.30. The second-order valence-electron chi connectivity index (χ2n) is 4.49. The van der Waals surface area contributed by atoms with Gasteiger partial charge >= 0.3 is 0 Å². The van der Waals surface area contributed by atoms with Crippen molar-refractivity contribution in [3.8, 4) is 0 Å². The van der Waals surface area contributed by atoms with Crippen molar-refractivity contribution >= 4 is 17.7 Å². The van der Waals surface area contributed by atoms with Crippen LogP contribution in [0.4, 0.5) is 0 Å². The number of rotatable bonds is 2. The summed E-state index contributed by atoms with van der Waals surface area (Å²) in [6, 6.07) is 0.498. The lowest BCUT2D eigenvalue weighted by Crippen LogP contribution is -2.43. The Morgan fingerprint density at radius 2 is 2.07 bits per heavy atom. The minimum absolute atomic E-state index is 0.279. The second kappa shape index (κ2) is 5.21. The molecule has 0 bridgehead atoms. The number of carbonyl (C=O) groups excluding carboxylic acids is 1. The number of piperidine rings is 1. The first-order valence-corrected chi connectivity index (χ1v) is 6.99. The molecule has 0 saturated carbocycles. The van der Waals surface area contributed by atoms with Crippen LogP contribution in [-0.2, 0) is 4.79 Å². The van der Waals surface area contributed by atoms with Crippen LogP contribution in [0.25, 0.3) is 0 Å². The third-order valence-electron chi connectivity index (χ3n) is 3.49. The van der Waals surface area contributed by atoms with Gasteiger partial charge in [0, 0.05) is 24.8 Å². The van der Waals surface area contributed by atoms with Crippen LogP contribution in [-0.4, -0.2) is 48.5 Å². The van der Waals surface area contributed by atoms with E-state index in [1.54, 1.807) is 0 Å². The normalized spacial score (nSPS) is 27.9. The van der Waals surface area contributed by atoms with E-state index in [4.69, 9.17) is 0 Å². The van der Waals surface area contributed by atoms with E-state index in [2.05, 4.69) is 5.32 Å². The largest absolute Gasteiger partial charge is 0.342 e. The van der Waals surface area contributed by atoms with Gasteiger partial charge in [-0.3, -0.25) is 4.79 Å². The third kappa shape index (κ3) is 2.67. The summed E-state index contributed by atoms with van der Waals surface area (Å²) in [7, 11) is 1.99. The van der Waals surface area contributed by atoms with Crippen molar-refractivity contribution in [3.63, 3.8) is 0 Å². The van der Waals surface area contributed by atoms with Crippen molar-refractivity contribution in [2.24, 2.45) is 5.92 Å². The van der Waals surface area contributed by atoms with Gasteiger partial charge in [-0.1, -0.05) is 0 Å². The van der Waals surface area contributed by atoms with E-state index in [-0.39, 0.29) is 5.92 Å². The molecule has 0 unspecified atom stereocenters. The number of hydrogen-bond acceptors (Lipinski definition) is 3. The van der Waals surface area contributed by atoms with E-state index < -0.39 is 0 Å². The molecule has 0 radical (unpaired) electrons. The highest BCUT2D eigenvalue weighted by Gasteiger charge is 2.29. The SMILES string of the molecule is CN(C(=O)C1CCNCC1)[C@H]1CCSC1. The van der Waals surface area contributed by atoms with E-state index in [1.807, 2.05) is 23.7 Å². The Labute approximate surface area is 96.0 Å². The van der Waals surface area contributed by atoms with Crippen molar-refractivity contribution < 1.29 is 4.79 Å². The molecule has 0 spiro atoms. The highest BCUT2D eigenvalue weighted by molar-refractivity contribution is 7.99. The van der Waals surface area contributed by atoms with Crippen LogP contribution >= 0.6 is 11.8 Å². The quantitative estimate of drug-likeness (QED) is 0.764. The lowest BCUT2D eigenvalue weighted by Gasteiger charge is -2.30. The minimum Gasteiger partial charge on any atom is -0.342 e. The average molecular weight is 228 g/mol. The van der Waals surface area contributed by atoms with E-state index in [0.717, 1.165) is 31.7 Å². The van der Waals surface area contributed by atoms with Gasteiger partial charge in [0.25, 0.3) is 0 Å². The molecule has 86 valence electrons. The van der Waals surface area contributed by atoms with Crippen LogP contribution in [0, 0.1) is 5.92 Å².